The summed E-state index contributed by atoms with van der Waals surface area (Å²) < 4.78 is 0. The van der Waals surface area contributed by atoms with Gasteiger partial charge in [0.2, 0.25) is 0 Å². The fraction of sp³-hybridized carbons (Fsp3) is 0.391. The van der Waals surface area contributed by atoms with Gasteiger partial charge < -0.3 is 9.80 Å². The van der Waals surface area contributed by atoms with Crippen molar-refractivity contribution in [1.29, 1.82) is 0 Å². The molecule has 0 radical (unpaired) electrons. The van der Waals surface area contributed by atoms with Crippen molar-refractivity contribution in [3.05, 3.63) is 64.7 Å². The van der Waals surface area contributed by atoms with Crippen LogP contribution in [0.15, 0.2) is 53.5 Å². The minimum absolute atomic E-state index is 0.154. The van der Waals surface area contributed by atoms with E-state index in [1.165, 1.54) is 0 Å². The van der Waals surface area contributed by atoms with Gasteiger partial charge in [-0.15, -0.1) is 12.6 Å². The Morgan fingerprint density at radius 1 is 1.19 bits per heavy atom. The third-order valence-electron chi connectivity index (χ3n) is 5.42. The smallest absolute Gasteiger partial charge is 0.266 e. The van der Waals surface area contributed by atoms with Gasteiger partial charge in [0.15, 0.2) is 6.17 Å². The first kappa shape index (κ1) is 23.8. The Morgan fingerprint density at radius 2 is 1.90 bits per heavy atom. The molecule has 0 bridgehead atoms. The molecule has 2 aromatic carbocycles. The average Bonchev–Trinajstić information content (AvgIpc) is 2.87. The summed E-state index contributed by atoms with van der Waals surface area (Å²) in [7, 11) is 1.76. The highest BCUT2D eigenvalue weighted by molar-refractivity contribution is 7.80. The third kappa shape index (κ3) is 5.87. The van der Waals surface area contributed by atoms with Crippen molar-refractivity contribution in [3.63, 3.8) is 0 Å². The van der Waals surface area contributed by atoms with E-state index < -0.39 is 6.17 Å². The second-order valence-electron chi connectivity index (χ2n) is 7.36. The summed E-state index contributed by atoms with van der Waals surface area (Å²) in [5.41, 5.74) is 2.85. The van der Waals surface area contributed by atoms with E-state index in [0.717, 1.165) is 48.7 Å². The number of nitrogens with one attached hydrogen (secondary N) is 2. The molecule has 3 rings (SSSR count). The fourth-order valence-electron chi connectivity index (χ4n) is 3.59. The molecule has 1 amide bonds. The number of hydrogen-bond acceptors (Lipinski definition) is 6. The van der Waals surface area contributed by atoms with Gasteiger partial charge in [0.25, 0.3) is 5.91 Å². The zero-order valence-electron chi connectivity index (χ0n) is 18.2. The highest BCUT2D eigenvalue weighted by Gasteiger charge is 2.31. The van der Waals surface area contributed by atoms with E-state index in [1.807, 2.05) is 42.5 Å². The van der Waals surface area contributed by atoms with Gasteiger partial charge in [-0.1, -0.05) is 55.8 Å². The first-order valence-corrected chi connectivity index (χ1v) is 11.4. The highest BCUT2D eigenvalue weighted by atomic mass is 35.5. The standard InChI is InChI=1S/C23H30ClN5OS/c1-4-29(5-2)14-13-25-23(31)27-21-22(30)28(3)19-12-11-17(24)15-18(19)20(26-21)16-9-7-6-8-10-16/h6-12,15,21,23,25,27,31H,4-5,13-14H2,1-3H3. The van der Waals surface area contributed by atoms with Crippen LogP contribution in [0, 0.1) is 0 Å². The lowest BCUT2D eigenvalue weighted by molar-refractivity contribution is -0.120. The molecule has 0 saturated heterocycles. The van der Waals surface area contributed by atoms with Gasteiger partial charge in [-0.05, 0) is 31.3 Å². The number of nitrogens with zero attached hydrogens (tertiary/aromatic N) is 3. The normalized spacial score (nSPS) is 17.4. The van der Waals surface area contributed by atoms with Crippen LogP contribution in [-0.4, -0.2) is 61.4 Å². The fourth-order valence-corrected chi connectivity index (χ4v) is 4.03. The van der Waals surface area contributed by atoms with Gasteiger partial charge >= 0.3 is 0 Å². The van der Waals surface area contributed by atoms with E-state index in [0.29, 0.717) is 5.02 Å². The minimum atomic E-state index is -0.783. The Bertz CT molecular complexity index is 919. The van der Waals surface area contributed by atoms with E-state index in [-0.39, 0.29) is 11.4 Å². The molecule has 0 saturated carbocycles. The van der Waals surface area contributed by atoms with Crippen LogP contribution in [0.25, 0.3) is 0 Å². The van der Waals surface area contributed by atoms with Crippen LogP contribution in [0.2, 0.25) is 5.02 Å². The summed E-state index contributed by atoms with van der Waals surface area (Å²) in [5.74, 6) is -0.154. The second-order valence-corrected chi connectivity index (χ2v) is 8.31. The molecule has 2 atom stereocenters. The summed E-state index contributed by atoms with van der Waals surface area (Å²) in [4.78, 5) is 22.0. The number of halogens is 1. The van der Waals surface area contributed by atoms with Crippen LogP contribution in [0.3, 0.4) is 0 Å². The van der Waals surface area contributed by atoms with Gasteiger partial charge in [-0.3, -0.25) is 20.4 Å². The molecule has 0 aliphatic carbocycles. The molecule has 2 unspecified atom stereocenters. The molecule has 8 heteroatoms. The molecule has 1 heterocycles. The van der Waals surface area contributed by atoms with E-state index in [2.05, 4.69) is 42.0 Å². The predicted octanol–water partition coefficient (Wildman–Crippen LogP) is 3.21. The molecule has 31 heavy (non-hydrogen) atoms. The van der Waals surface area contributed by atoms with Crippen molar-refractivity contribution in [2.24, 2.45) is 4.99 Å². The van der Waals surface area contributed by atoms with Crippen LogP contribution < -0.4 is 15.5 Å². The number of benzene rings is 2. The van der Waals surface area contributed by atoms with E-state index >= 15 is 0 Å². The number of carbonyl (C=O) groups is 1. The van der Waals surface area contributed by atoms with Gasteiger partial charge in [0, 0.05) is 36.3 Å². The molecule has 1 aliphatic heterocycles. The number of benzodiazepines with no additional fused rings is 1. The Morgan fingerprint density at radius 3 is 2.58 bits per heavy atom. The molecule has 2 aromatic rings. The third-order valence-corrected chi connectivity index (χ3v) is 5.99. The largest absolute Gasteiger partial charge is 0.312 e. The van der Waals surface area contributed by atoms with E-state index in [9.17, 15) is 4.79 Å². The maximum absolute atomic E-state index is 13.2. The SMILES string of the molecule is CCN(CC)CCNC(S)NC1N=C(c2ccccc2)c2cc(Cl)ccc2N(C)C1=O. The first-order chi connectivity index (χ1) is 14.9. The number of thiol groups is 1. The molecule has 1 aliphatic rings. The predicted molar refractivity (Wildman–Crippen MR) is 132 cm³/mol. The lowest BCUT2D eigenvalue weighted by atomic mass is 10.0. The molecular formula is C23H30ClN5OS. The summed E-state index contributed by atoms with van der Waals surface area (Å²) in [6.45, 7) is 7.95. The van der Waals surface area contributed by atoms with Gasteiger partial charge in [0.05, 0.1) is 11.4 Å². The number of hydrogen-bond donors (Lipinski definition) is 3. The zero-order valence-corrected chi connectivity index (χ0v) is 19.8. The van der Waals surface area contributed by atoms with E-state index in [4.69, 9.17) is 16.6 Å². The minimum Gasteiger partial charge on any atom is -0.312 e. The number of amides is 1. The van der Waals surface area contributed by atoms with Crippen molar-refractivity contribution in [2.45, 2.75) is 25.5 Å². The Kier molecular flexibility index (Phi) is 8.51. The van der Waals surface area contributed by atoms with Gasteiger partial charge in [-0.25, -0.2) is 0 Å². The van der Waals surface area contributed by atoms with Crippen LogP contribution in [0.5, 0.6) is 0 Å². The lowest BCUT2D eigenvalue weighted by Gasteiger charge is -2.24. The quantitative estimate of drug-likeness (QED) is 0.398. The molecule has 0 aromatic heterocycles. The van der Waals surface area contributed by atoms with Crippen molar-refractivity contribution < 1.29 is 4.79 Å². The Hall–Kier alpha value is -1.90. The van der Waals surface area contributed by atoms with Crippen molar-refractivity contribution in [3.8, 4) is 0 Å². The molecule has 0 spiro atoms. The molecule has 0 fully saturated rings. The summed E-state index contributed by atoms with van der Waals surface area (Å²) in [5, 5.41) is 7.14. The monoisotopic (exact) mass is 459 g/mol. The molecule has 6 nitrogen and oxygen atoms in total. The van der Waals surface area contributed by atoms with Crippen LogP contribution in [0.1, 0.15) is 25.0 Å². The number of fused-ring (bicyclic) bond motifs is 1. The van der Waals surface area contributed by atoms with Crippen molar-refractivity contribution in [1.82, 2.24) is 15.5 Å². The number of aliphatic imine (C=N–C) groups is 1. The number of carbonyl (C=O) groups excluding carboxylic acids is 1. The first-order valence-electron chi connectivity index (χ1n) is 10.5. The second kappa shape index (κ2) is 11.1. The van der Waals surface area contributed by atoms with Crippen LogP contribution in [-0.2, 0) is 4.79 Å². The summed E-state index contributed by atoms with van der Waals surface area (Å²) in [6.07, 6.45) is -0.783. The Labute approximate surface area is 195 Å². The molecule has 2 N–H and O–H groups in total. The Balaban J connectivity index is 1.87. The number of anilines is 1. The maximum Gasteiger partial charge on any atom is 0.266 e. The average molecular weight is 460 g/mol. The van der Waals surface area contributed by atoms with Crippen molar-refractivity contribution >= 4 is 41.5 Å². The molecular weight excluding hydrogens is 430 g/mol. The number of rotatable bonds is 9. The zero-order chi connectivity index (χ0) is 22.4. The van der Waals surface area contributed by atoms with Crippen molar-refractivity contribution in [2.75, 3.05) is 38.1 Å². The summed E-state index contributed by atoms with van der Waals surface area (Å²) in [6, 6.07) is 15.3. The van der Waals surface area contributed by atoms with Crippen LogP contribution in [0.4, 0.5) is 5.69 Å². The van der Waals surface area contributed by atoms with Gasteiger partial charge in [0.1, 0.15) is 5.50 Å². The van der Waals surface area contributed by atoms with E-state index in [1.54, 1.807) is 18.0 Å². The number of likely N-dealkylation sites (N-methyl/N-ethyl adjacent to an activating group) is 2. The molecule has 166 valence electrons. The van der Waals surface area contributed by atoms with Crippen LogP contribution >= 0.6 is 24.2 Å². The maximum atomic E-state index is 13.2. The lowest BCUT2D eigenvalue weighted by Crippen LogP contribution is -2.51. The highest BCUT2D eigenvalue weighted by Crippen LogP contribution is 2.29. The van der Waals surface area contributed by atoms with Gasteiger partial charge in [-0.2, -0.15) is 0 Å². The summed E-state index contributed by atoms with van der Waals surface area (Å²) >= 11 is 10.9. The topological polar surface area (TPSA) is 60.0 Å².